The van der Waals surface area contributed by atoms with E-state index in [1.54, 1.807) is 13.8 Å². The summed E-state index contributed by atoms with van der Waals surface area (Å²) in [5, 5.41) is 1.27. The SMILES string of the molecule is CC(C)S(=O)(=O)[C@H](C)C(=O)N[C@@H](C)CC(C)(C)c1ccccc1. The number of sulfone groups is 1. The van der Waals surface area contributed by atoms with E-state index in [0.29, 0.717) is 0 Å². The Morgan fingerprint density at radius 1 is 1.09 bits per heavy atom. The lowest BCUT2D eigenvalue weighted by Crippen LogP contribution is -2.45. The van der Waals surface area contributed by atoms with Crippen LogP contribution in [0.25, 0.3) is 0 Å². The molecule has 4 nitrogen and oxygen atoms in total. The van der Waals surface area contributed by atoms with Gasteiger partial charge < -0.3 is 5.32 Å². The first-order valence-corrected chi connectivity index (χ1v) is 9.68. The van der Waals surface area contributed by atoms with Crippen LogP contribution in [0.1, 0.15) is 53.5 Å². The molecule has 130 valence electrons. The van der Waals surface area contributed by atoms with Gasteiger partial charge in [-0.1, -0.05) is 44.2 Å². The standard InChI is InChI=1S/C18H29NO3S/c1-13(2)23(21,22)15(4)17(20)19-14(3)12-18(5,6)16-10-8-7-9-11-16/h7-11,13-15H,12H2,1-6H3,(H,19,20)/t14-,15+/m0/s1. The van der Waals surface area contributed by atoms with Gasteiger partial charge in [-0.3, -0.25) is 4.79 Å². The van der Waals surface area contributed by atoms with E-state index in [-0.39, 0.29) is 11.5 Å². The predicted octanol–water partition coefficient (Wildman–Crippen LogP) is 3.07. The Morgan fingerprint density at radius 3 is 2.09 bits per heavy atom. The quantitative estimate of drug-likeness (QED) is 0.830. The predicted molar refractivity (Wildman–Crippen MR) is 95.2 cm³/mol. The first-order chi connectivity index (χ1) is 10.5. The number of carbonyl (C=O) groups excluding carboxylic acids is 1. The molecule has 0 aromatic heterocycles. The van der Waals surface area contributed by atoms with E-state index in [2.05, 4.69) is 31.3 Å². The molecule has 23 heavy (non-hydrogen) atoms. The molecule has 0 bridgehead atoms. The van der Waals surface area contributed by atoms with Crippen LogP contribution in [-0.2, 0) is 20.0 Å². The van der Waals surface area contributed by atoms with Gasteiger partial charge in [-0.15, -0.1) is 0 Å². The molecule has 1 amide bonds. The fourth-order valence-corrected chi connectivity index (χ4v) is 3.92. The maximum atomic E-state index is 12.2. The van der Waals surface area contributed by atoms with Crippen molar-refractivity contribution in [2.45, 2.75) is 69.9 Å². The number of hydrogen-bond donors (Lipinski definition) is 1. The summed E-state index contributed by atoms with van der Waals surface area (Å²) < 4.78 is 24.2. The molecule has 0 heterocycles. The van der Waals surface area contributed by atoms with Gasteiger partial charge >= 0.3 is 0 Å². The second kappa shape index (κ2) is 7.47. The van der Waals surface area contributed by atoms with Crippen LogP contribution in [0.15, 0.2) is 30.3 Å². The zero-order valence-corrected chi connectivity index (χ0v) is 15.8. The molecule has 0 spiro atoms. The fraction of sp³-hybridized carbons (Fsp3) is 0.611. The Morgan fingerprint density at radius 2 is 1.61 bits per heavy atom. The van der Waals surface area contributed by atoms with Crippen LogP contribution in [0.2, 0.25) is 0 Å². The van der Waals surface area contributed by atoms with E-state index in [1.807, 2.05) is 25.1 Å². The lowest BCUT2D eigenvalue weighted by Gasteiger charge is -2.29. The normalized spacial score (nSPS) is 15.3. The second-order valence-corrected chi connectivity index (χ2v) is 9.97. The third-order valence-corrected chi connectivity index (χ3v) is 6.79. The molecule has 0 radical (unpaired) electrons. The van der Waals surface area contributed by atoms with Crippen molar-refractivity contribution in [3.63, 3.8) is 0 Å². The van der Waals surface area contributed by atoms with Gasteiger partial charge in [0.2, 0.25) is 5.91 Å². The maximum absolute atomic E-state index is 12.2. The highest BCUT2D eigenvalue weighted by Gasteiger charge is 2.32. The highest BCUT2D eigenvalue weighted by molar-refractivity contribution is 7.93. The summed E-state index contributed by atoms with van der Waals surface area (Å²) in [5.41, 5.74) is 1.10. The third-order valence-electron chi connectivity index (χ3n) is 4.28. The molecular formula is C18H29NO3S. The molecule has 0 saturated carbocycles. The summed E-state index contributed by atoms with van der Waals surface area (Å²) in [7, 11) is -3.43. The van der Waals surface area contributed by atoms with Crippen molar-refractivity contribution in [1.29, 1.82) is 0 Å². The van der Waals surface area contributed by atoms with Crippen molar-refractivity contribution in [2.24, 2.45) is 0 Å². The summed E-state index contributed by atoms with van der Waals surface area (Å²) in [6, 6.07) is 10.0. The average Bonchev–Trinajstić information content (AvgIpc) is 2.46. The molecule has 0 aliphatic carbocycles. The Bertz CT molecular complexity index is 621. The van der Waals surface area contributed by atoms with Crippen LogP contribution in [0, 0.1) is 0 Å². The zero-order chi connectivity index (χ0) is 17.8. The molecular weight excluding hydrogens is 310 g/mol. The number of rotatable bonds is 7. The van der Waals surface area contributed by atoms with Crippen LogP contribution in [0.3, 0.4) is 0 Å². The minimum absolute atomic E-state index is 0.103. The van der Waals surface area contributed by atoms with Gasteiger partial charge in [0, 0.05) is 6.04 Å². The number of amides is 1. The van der Waals surface area contributed by atoms with Crippen molar-refractivity contribution in [2.75, 3.05) is 0 Å². The van der Waals surface area contributed by atoms with Crippen LogP contribution in [-0.4, -0.2) is 30.9 Å². The highest BCUT2D eigenvalue weighted by atomic mass is 32.2. The van der Waals surface area contributed by atoms with Gasteiger partial charge in [-0.25, -0.2) is 8.42 Å². The van der Waals surface area contributed by atoms with Crippen molar-refractivity contribution >= 4 is 15.7 Å². The molecule has 1 rings (SSSR count). The average molecular weight is 340 g/mol. The van der Waals surface area contributed by atoms with Crippen LogP contribution < -0.4 is 5.32 Å². The summed E-state index contributed by atoms with van der Waals surface area (Å²) in [4.78, 5) is 12.2. The molecule has 0 fully saturated rings. The molecule has 1 aromatic carbocycles. The Labute approximate surface area is 140 Å². The molecule has 2 atom stereocenters. The Hall–Kier alpha value is -1.36. The molecule has 0 aliphatic heterocycles. The van der Waals surface area contributed by atoms with E-state index < -0.39 is 26.2 Å². The molecule has 0 saturated heterocycles. The summed E-state index contributed by atoms with van der Waals surface area (Å²) >= 11 is 0. The minimum atomic E-state index is -3.43. The van der Waals surface area contributed by atoms with Crippen molar-refractivity contribution in [3.05, 3.63) is 35.9 Å². The zero-order valence-electron chi connectivity index (χ0n) is 15.0. The van der Waals surface area contributed by atoms with Crippen LogP contribution >= 0.6 is 0 Å². The lowest BCUT2D eigenvalue weighted by molar-refractivity contribution is -0.121. The van der Waals surface area contributed by atoms with E-state index >= 15 is 0 Å². The van der Waals surface area contributed by atoms with Crippen LogP contribution in [0.5, 0.6) is 0 Å². The molecule has 0 aliphatic rings. The van der Waals surface area contributed by atoms with Crippen molar-refractivity contribution in [1.82, 2.24) is 5.32 Å². The Balaban J connectivity index is 2.73. The summed E-state index contributed by atoms with van der Waals surface area (Å²) in [6.45, 7) is 10.8. The largest absolute Gasteiger partial charge is 0.353 e. The maximum Gasteiger partial charge on any atom is 0.238 e. The van der Waals surface area contributed by atoms with Gasteiger partial charge in [0.1, 0.15) is 5.25 Å². The van der Waals surface area contributed by atoms with Crippen molar-refractivity contribution in [3.8, 4) is 0 Å². The number of hydrogen-bond acceptors (Lipinski definition) is 3. The monoisotopic (exact) mass is 339 g/mol. The summed E-state index contributed by atoms with van der Waals surface area (Å²) in [6.07, 6.45) is 0.733. The molecule has 5 heteroatoms. The van der Waals surface area contributed by atoms with E-state index in [1.165, 1.54) is 12.5 Å². The van der Waals surface area contributed by atoms with Gasteiger partial charge in [-0.2, -0.15) is 0 Å². The number of benzene rings is 1. The van der Waals surface area contributed by atoms with Crippen molar-refractivity contribution < 1.29 is 13.2 Å². The first-order valence-electron chi connectivity index (χ1n) is 8.07. The fourth-order valence-electron chi connectivity index (χ4n) is 2.74. The molecule has 1 N–H and O–H groups in total. The van der Waals surface area contributed by atoms with Crippen LogP contribution in [0.4, 0.5) is 0 Å². The first kappa shape index (κ1) is 19.7. The minimum Gasteiger partial charge on any atom is -0.353 e. The van der Waals surface area contributed by atoms with Gasteiger partial charge in [0.25, 0.3) is 0 Å². The number of nitrogens with one attached hydrogen (secondary N) is 1. The highest BCUT2D eigenvalue weighted by Crippen LogP contribution is 2.28. The number of carbonyl (C=O) groups is 1. The molecule has 1 aromatic rings. The van der Waals surface area contributed by atoms with E-state index in [9.17, 15) is 13.2 Å². The smallest absolute Gasteiger partial charge is 0.238 e. The summed E-state index contributed by atoms with van der Waals surface area (Å²) in [5.74, 6) is -0.421. The van der Waals surface area contributed by atoms with Gasteiger partial charge in [0.15, 0.2) is 9.84 Å². The topological polar surface area (TPSA) is 63.2 Å². The van der Waals surface area contributed by atoms with E-state index in [0.717, 1.165) is 6.42 Å². The lowest BCUT2D eigenvalue weighted by atomic mass is 9.79. The second-order valence-electron chi connectivity index (χ2n) is 7.14. The van der Waals surface area contributed by atoms with Gasteiger partial charge in [0.05, 0.1) is 5.25 Å². The molecule has 0 unspecified atom stereocenters. The third kappa shape index (κ3) is 5.06. The van der Waals surface area contributed by atoms with Gasteiger partial charge in [-0.05, 0) is 45.1 Å². The van der Waals surface area contributed by atoms with E-state index in [4.69, 9.17) is 0 Å². The Kier molecular flexibility index (Phi) is 6.40.